The molecular formula is C61H43I. The van der Waals surface area contributed by atoms with Gasteiger partial charge in [-0.25, -0.2) is 0 Å². The minimum Gasteiger partial charge on any atom is -0.0622 e. The van der Waals surface area contributed by atoms with Crippen LogP contribution in [0.25, 0.3) is 66.1 Å². The maximum Gasteiger partial charge on any atom is 0.0713 e. The number of fused-ring (bicyclic) bond motifs is 8. The highest BCUT2D eigenvalue weighted by Gasteiger charge is 2.46. The molecule has 10 aromatic carbocycles. The van der Waals surface area contributed by atoms with E-state index in [1.165, 1.54) is 114 Å². The van der Waals surface area contributed by atoms with E-state index in [4.69, 9.17) is 0 Å². The zero-order valence-electron chi connectivity index (χ0n) is 34.8. The molecule has 10 aromatic rings. The lowest BCUT2D eigenvalue weighted by Gasteiger charge is -2.34. The van der Waals surface area contributed by atoms with E-state index in [9.17, 15) is 0 Å². The molecule has 0 aromatic heterocycles. The lowest BCUT2D eigenvalue weighted by Crippen LogP contribution is -2.28. The summed E-state index contributed by atoms with van der Waals surface area (Å²) < 4.78 is 1.25. The van der Waals surface area contributed by atoms with Crippen LogP contribution in [-0.4, -0.2) is 0 Å². The fourth-order valence-electron chi connectivity index (χ4n) is 10.9. The predicted octanol–water partition coefficient (Wildman–Crippen LogP) is 16.2. The minimum atomic E-state index is -0.469. The van der Waals surface area contributed by atoms with Gasteiger partial charge in [0.05, 0.1) is 5.41 Å². The summed E-state index contributed by atoms with van der Waals surface area (Å²) in [4.78, 5) is 0. The molecule has 0 radical (unpaired) electrons. The van der Waals surface area contributed by atoms with Gasteiger partial charge in [0, 0.05) is 8.99 Å². The van der Waals surface area contributed by atoms with Crippen LogP contribution in [-0.2, 0) is 17.3 Å². The van der Waals surface area contributed by atoms with E-state index in [-0.39, 0.29) is 5.41 Å². The van der Waals surface area contributed by atoms with Crippen LogP contribution in [0.2, 0.25) is 0 Å². The first-order chi connectivity index (χ1) is 30.3. The fraction of sp³-hybridized carbons (Fsp3) is 0.0820. The van der Waals surface area contributed by atoms with Crippen LogP contribution in [0.15, 0.2) is 212 Å². The second-order valence-electron chi connectivity index (χ2n) is 17.8. The molecule has 0 atom stereocenters. The quantitative estimate of drug-likeness (QED) is 0.146. The maximum absolute atomic E-state index is 2.48. The molecule has 294 valence electrons. The van der Waals surface area contributed by atoms with Gasteiger partial charge in [-0.2, -0.15) is 0 Å². The molecule has 12 rings (SSSR count). The summed E-state index contributed by atoms with van der Waals surface area (Å²) in [6.07, 6.45) is 0.853. The number of hydrogen-bond donors (Lipinski definition) is 0. The normalized spacial score (nSPS) is 14.0. The third kappa shape index (κ3) is 5.78. The van der Waals surface area contributed by atoms with Crippen LogP contribution in [0, 0.1) is 3.57 Å². The van der Waals surface area contributed by atoms with E-state index in [0.717, 1.165) is 6.42 Å². The third-order valence-corrected chi connectivity index (χ3v) is 14.7. The van der Waals surface area contributed by atoms with Gasteiger partial charge < -0.3 is 0 Å². The highest BCUT2D eigenvalue weighted by Crippen LogP contribution is 2.57. The lowest BCUT2D eigenvalue weighted by atomic mass is 9.67. The molecule has 1 heteroatoms. The first-order valence-electron chi connectivity index (χ1n) is 21.7. The Bertz CT molecular complexity index is 3370. The summed E-state index contributed by atoms with van der Waals surface area (Å²) in [5, 5.41) is 5.07. The van der Waals surface area contributed by atoms with Gasteiger partial charge in [0.2, 0.25) is 0 Å². The Labute approximate surface area is 377 Å². The number of rotatable bonds is 6. The fourth-order valence-corrected chi connectivity index (χ4v) is 11.4. The van der Waals surface area contributed by atoms with Gasteiger partial charge in [0.1, 0.15) is 0 Å². The van der Waals surface area contributed by atoms with Gasteiger partial charge in [-0.3, -0.25) is 0 Å². The van der Waals surface area contributed by atoms with Crippen LogP contribution in [0.4, 0.5) is 0 Å². The monoisotopic (exact) mass is 902 g/mol. The van der Waals surface area contributed by atoms with Crippen molar-refractivity contribution >= 4 is 44.1 Å². The summed E-state index contributed by atoms with van der Waals surface area (Å²) in [7, 11) is 0. The summed E-state index contributed by atoms with van der Waals surface area (Å²) in [6.45, 7) is 4.72. The van der Waals surface area contributed by atoms with Crippen LogP contribution in [0.5, 0.6) is 0 Å². The van der Waals surface area contributed by atoms with Gasteiger partial charge in [0.25, 0.3) is 0 Å². The van der Waals surface area contributed by atoms with Crippen molar-refractivity contribution in [2.24, 2.45) is 0 Å². The highest BCUT2D eigenvalue weighted by molar-refractivity contribution is 14.1. The Hall–Kier alpha value is -6.55. The molecule has 0 saturated heterocycles. The lowest BCUT2D eigenvalue weighted by molar-refractivity contribution is 0.660. The molecule has 0 saturated carbocycles. The molecule has 0 spiro atoms. The second-order valence-corrected chi connectivity index (χ2v) is 19.1. The Balaban J connectivity index is 0.950. The highest BCUT2D eigenvalue weighted by atomic mass is 127. The molecule has 0 unspecified atom stereocenters. The third-order valence-electron chi connectivity index (χ3n) is 14.0. The van der Waals surface area contributed by atoms with Crippen LogP contribution < -0.4 is 0 Å². The van der Waals surface area contributed by atoms with E-state index >= 15 is 0 Å². The molecule has 0 N–H and O–H groups in total. The standard InChI is InChI=1S/C61H43I/c1-60(2)56-16-10-9-15-52(56)53-28-25-45(37-58(53)60)43-22-20-41-19-17-39(32-47(41)34-43)31-40-18-30-57-55(33-40)54-29-26-46(44-23-21-42-24-27-51(62)36-48(42)35-44)38-59(54)61(57,49-11-5-3-6-12-49)50-13-7-4-8-14-50/h3-30,32-38H,31H2,1-2H3. The number of hydrogen-bond acceptors (Lipinski definition) is 0. The molecule has 2 aliphatic rings. The van der Waals surface area contributed by atoms with Crippen LogP contribution in [0.1, 0.15) is 58.4 Å². The summed E-state index contributed by atoms with van der Waals surface area (Å²) in [5.41, 5.74) is 20.5. The number of benzene rings is 10. The van der Waals surface area contributed by atoms with E-state index in [1.807, 2.05) is 0 Å². The molecule has 0 bridgehead atoms. The SMILES string of the molecule is CC1(C)c2ccccc2-c2ccc(-c3ccc4ccc(Cc5ccc6c(c5)-c5ccc(-c7ccc8ccc(I)cc8c7)cc5C6(c5ccccc5)c5ccccc5)cc4c3)cc21. The zero-order chi connectivity index (χ0) is 41.6. The molecule has 0 nitrogen and oxygen atoms in total. The van der Waals surface area contributed by atoms with Crippen LogP contribution in [0.3, 0.4) is 0 Å². The van der Waals surface area contributed by atoms with Crippen molar-refractivity contribution in [3.05, 3.63) is 260 Å². The Morgan fingerprint density at radius 2 is 0.839 bits per heavy atom. The molecule has 0 fully saturated rings. The summed E-state index contributed by atoms with van der Waals surface area (Å²) >= 11 is 2.42. The molecule has 0 heterocycles. The Morgan fingerprint density at radius 3 is 1.53 bits per heavy atom. The van der Waals surface area contributed by atoms with Crippen molar-refractivity contribution in [3.63, 3.8) is 0 Å². The Kier molecular flexibility index (Phi) is 8.56. The van der Waals surface area contributed by atoms with E-state index in [0.29, 0.717) is 0 Å². The van der Waals surface area contributed by atoms with E-state index in [1.54, 1.807) is 0 Å². The van der Waals surface area contributed by atoms with E-state index in [2.05, 4.69) is 249 Å². The van der Waals surface area contributed by atoms with Crippen LogP contribution >= 0.6 is 22.6 Å². The van der Waals surface area contributed by atoms with Crippen molar-refractivity contribution in [1.82, 2.24) is 0 Å². The first-order valence-corrected chi connectivity index (χ1v) is 22.8. The molecule has 0 aliphatic heterocycles. The maximum atomic E-state index is 2.48. The average Bonchev–Trinajstić information content (AvgIpc) is 3.73. The molecule has 62 heavy (non-hydrogen) atoms. The zero-order valence-corrected chi connectivity index (χ0v) is 36.9. The minimum absolute atomic E-state index is 0.0251. The Morgan fingerprint density at radius 1 is 0.339 bits per heavy atom. The molecular weight excluding hydrogens is 860 g/mol. The topological polar surface area (TPSA) is 0 Å². The second kappa shape index (κ2) is 14.3. The van der Waals surface area contributed by atoms with Gasteiger partial charge in [0.15, 0.2) is 0 Å². The van der Waals surface area contributed by atoms with Crippen molar-refractivity contribution in [2.45, 2.75) is 31.1 Å². The van der Waals surface area contributed by atoms with Crippen molar-refractivity contribution in [3.8, 4) is 44.5 Å². The van der Waals surface area contributed by atoms with Gasteiger partial charge >= 0.3 is 0 Å². The summed E-state index contributed by atoms with van der Waals surface area (Å²) in [6, 6.07) is 80.3. The molecule has 0 amide bonds. The van der Waals surface area contributed by atoms with Crippen molar-refractivity contribution in [1.29, 1.82) is 0 Å². The average molecular weight is 903 g/mol. The largest absolute Gasteiger partial charge is 0.0713 e. The van der Waals surface area contributed by atoms with Gasteiger partial charge in [-0.1, -0.05) is 190 Å². The van der Waals surface area contributed by atoms with Crippen molar-refractivity contribution < 1.29 is 0 Å². The van der Waals surface area contributed by atoms with Crippen molar-refractivity contribution in [2.75, 3.05) is 0 Å². The van der Waals surface area contributed by atoms with E-state index < -0.39 is 5.41 Å². The first kappa shape index (κ1) is 37.2. The van der Waals surface area contributed by atoms with Gasteiger partial charge in [-0.15, -0.1) is 0 Å². The molecule has 2 aliphatic carbocycles. The smallest absolute Gasteiger partial charge is 0.0622 e. The van der Waals surface area contributed by atoms with Gasteiger partial charge in [-0.05, 0) is 176 Å². The summed E-state index contributed by atoms with van der Waals surface area (Å²) in [5.74, 6) is 0. The predicted molar refractivity (Wildman–Crippen MR) is 269 cm³/mol. The number of halogens is 1.